The molecule has 122 valence electrons. The van der Waals surface area contributed by atoms with Gasteiger partial charge in [0, 0.05) is 16.6 Å². The van der Waals surface area contributed by atoms with Crippen LogP contribution in [0.4, 0.5) is 4.39 Å². The van der Waals surface area contributed by atoms with Crippen molar-refractivity contribution in [2.75, 3.05) is 0 Å². The zero-order valence-corrected chi connectivity index (χ0v) is 14.5. The van der Waals surface area contributed by atoms with Crippen molar-refractivity contribution in [1.82, 2.24) is 15.1 Å². The maximum Gasteiger partial charge on any atom is 0.255 e. The highest BCUT2D eigenvalue weighted by molar-refractivity contribution is 9.10. The molecule has 1 heterocycles. The summed E-state index contributed by atoms with van der Waals surface area (Å²) in [5.74, 6) is -0.612. The van der Waals surface area contributed by atoms with Crippen LogP contribution in [-0.4, -0.2) is 15.7 Å². The highest BCUT2D eigenvalue weighted by atomic mass is 79.9. The van der Waals surface area contributed by atoms with Gasteiger partial charge in [0.25, 0.3) is 5.91 Å². The van der Waals surface area contributed by atoms with Gasteiger partial charge in [-0.1, -0.05) is 34.1 Å². The van der Waals surface area contributed by atoms with Crippen LogP contribution in [0.5, 0.6) is 0 Å². The van der Waals surface area contributed by atoms with Gasteiger partial charge in [0.2, 0.25) is 0 Å². The van der Waals surface area contributed by atoms with Crippen molar-refractivity contribution >= 4 is 21.8 Å². The normalized spacial score (nSPS) is 10.6. The first-order chi connectivity index (χ1) is 11.6. The number of nitrogens with zero attached hydrogens (tertiary/aromatic N) is 2. The molecule has 0 atom stereocenters. The van der Waals surface area contributed by atoms with Crippen molar-refractivity contribution in [3.8, 4) is 5.69 Å². The van der Waals surface area contributed by atoms with Crippen LogP contribution < -0.4 is 5.32 Å². The van der Waals surface area contributed by atoms with E-state index in [-0.39, 0.29) is 18.3 Å². The standard InChI is InChI=1S/C18H15BrFN3O/c1-12-16(11-22-23(12)15-8-6-14(19)7-9-15)18(24)21-10-13-4-2-3-5-17(13)20/h2-9,11H,10H2,1H3,(H,21,24). The Balaban J connectivity index is 1.76. The molecule has 0 radical (unpaired) electrons. The van der Waals surface area contributed by atoms with E-state index in [9.17, 15) is 9.18 Å². The minimum absolute atomic E-state index is 0.133. The second-order valence-electron chi connectivity index (χ2n) is 5.31. The lowest BCUT2D eigenvalue weighted by molar-refractivity contribution is 0.0950. The van der Waals surface area contributed by atoms with E-state index in [0.717, 1.165) is 15.9 Å². The van der Waals surface area contributed by atoms with E-state index in [2.05, 4.69) is 26.3 Å². The molecule has 0 saturated heterocycles. The van der Waals surface area contributed by atoms with Crippen LogP contribution in [0.3, 0.4) is 0 Å². The summed E-state index contributed by atoms with van der Waals surface area (Å²) >= 11 is 3.39. The minimum Gasteiger partial charge on any atom is -0.348 e. The van der Waals surface area contributed by atoms with Crippen molar-refractivity contribution in [2.45, 2.75) is 13.5 Å². The Morgan fingerprint density at radius 2 is 1.92 bits per heavy atom. The SMILES string of the molecule is Cc1c(C(=O)NCc2ccccc2F)cnn1-c1ccc(Br)cc1. The zero-order valence-electron chi connectivity index (χ0n) is 13.0. The van der Waals surface area contributed by atoms with Crippen molar-refractivity contribution in [3.05, 3.63) is 81.8 Å². The summed E-state index contributed by atoms with van der Waals surface area (Å²) in [5.41, 5.74) is 2.50. The van der Waals surface area contributed by atoms with Crippen molar-refractivity contribution in [3.63, 3.8) is 0 Å². The van der Waals surface area contributed by atoms with Crippen LogP contribution in [0.15, 0.2) is 59.2 Å². The first-order valence-electron chi connectivity index (χ1n) is 7.38. The first kappa shape index (κ1) is 16.4. The Hall–Kier alpha value is -2.47. The highest BCUT2D eigenvalue weighted by Gasteiger charge is 2.15. The lowest BCUT2D eigenvalue weighted by Gasteiger charge is -2.07. The number of benzene rings is 2. The molecule has 0 aliphatic heterocycles. The molecule has 0 aliphatic rings. The number of carbonyl (C=O) groups is 1. The van der Waals surface area contributed by atoms with Crippen LogP contribution in [0, 0.1) is 12.7 Å². The molecular formula is C18H15BrFN3O. The molecule has 1 amide bonds. The topological polar surface area (TPSA) is 46.9 Å². The molecule has 0 saturated carbocycles. The fourth-order valence-corrected chi connectivity index (χ4v) is 2.65. The van der Waals surface area contributed by atoms with Crippen LogP contribution >= 0.6 is 15.9 Å². The summed E-state index contributed by atoms with van der Waals surface area (Å²) < 4.78 is 16.3. The molecule has 4 nitrogen and oxygen atoms in total. The largest absolute Gasteiger partial charge is 0.348 e. The number of hydrogen-bond acceptors (Lipinski definition) is 2. The van der Waals surface area contributed by atoms with Crippen LogP contribution in [0.25, 0.3) is 5.69 Å². The molecule has 2 aromatic carbocycles. The van der Waals surface area contributed by atoms with Crippen LogP contribution in [0.2, 0.25) is 0 Å². The molecule has 0 aliphatic carbocycles. The Morgan fingerprint density at radius 3 is 2.62 bits per heavy atom. The van der Waals surface area contributed by atoms with Gasteiger partial charge in [0.05, 0.1) is 23.1 Å². The van der Waals surface area contributed by atoms with Crippen molar-refractivity contribution < 1.29 is 9.18 Å². The van der Waals surface area contributed by atoms with Crippen molar-refractivity contribution in [1.29, 1.82) is 0 Å². The molecule has 3 rings (SSSR count). The third-order valence-corrected chi connectivity index (χ3v) is 4.25. The second kappa shape index (κ2) is 6.97. The van der Waals surface area contributed by atoms with E-state index >= 15 is 0 Å². The monoisotopic (exact) mass is 387 g/mol. The van der Waals surface area contributed by atoms with E-state index in [0.29, 0.717) is 11.1 Å². The van der Waals surface area contributed by atoms with Crippen LogP contribution in [0.1, 0.15) is 21.6 Å². The summed E-state index contributed by atoms with van der Waals surface area (Å²) in [6.45, 7) is 1.96. The summed E-state index contributed by atoms with van der Waals surface area (Å²) in [6.07, 6.45) is 1.52. The number of carbonyl (C=O) groups excluding carboxylic acids is 1. The molecule has 0 fully saturated rings. The van der Waals surface area contributed by atoms with Gasteiger partial charge in [0.15, 0.2) is 0 Å². The molecule has 24 heavy (non-hydrogen) atoms. The van der Waals surface area contributed by atoms with Gasteiger partial charge in [-0.3, -0.25) is 4.79 Å². The molecular weight excluding hydrogens is 373 g/mol. The van der Waals surface area contributed by atoms with Crippen molar-refractivity contribution in [2.24, 2.45) is 0 Å². The van der Waals surface area contributed by atoms with Gasteiger partial charge in [-0.25, -0.2) is 9.07 Å². The average Bonchev–Trinajstić information content (AvgIpc) is 2.96. The average molecular weight is 388 g/mol. The van der Waals surface area contributed by atoms with E-state index in [4.69, 9.17) is 0 Å². The van der Waals surface area contributed by atoms with Gasteiger partial charge in [-0.2, -0.15) is 5.10 Å². The lowest BCUT2D eigenvalue weighted by Crippen LogP contribution is -2.23. The Bertz CT molecular complexity index is 874. The fraction of sp³-hybridized carbons (Fsp3) is 0.111. The number of rotatable bonds is 4. The molecule has 1 aromatic heterocycles. The second-order valence-corrected chi connectivity index (χ2v) is 6.22. The van der Waals surface area contributed by atoms with E-state index in [1.54, 1.807) is 22.9 Å². The van der Waals surface area contributed by atoms with Gasteiger partial charge in [0.1, 0.15) is 5.82 Å². The van der Waals surface area contributed by atoms with Gasteiger partial charge >= 0.3 is 0 Å². The Morgan fingerprint density at radius 1 is 1.21 bits per heavy atom. The maximum absolute atomic E-state index is 13.6. The van der Waals surface area contributed by atoms with Gasteiger partial charge in [-0.05, 0) is 37.3 Å². The smallest absolute Gasteiger partial charge is 0.255 e. The summed E-state index contributed by atoms with van der Waals surface area (Å²) in [5, 5.41) is 7.01. The third-order valence-electron chi connectivity index (χ3n) is 3.72. The molecule has 0 spiro atoms. The molecule has 0 unspecified atom stereocenters. The third kappa shape index (κ3) is 3.38. The molecule has 6 heteroatoms. The summed E-state index contributed by atoms with van der Waals surface area (Å²) in [6, 6.07) is 14.0. The van der Waals surface area contributed by atoms with Crippen LogP contribution in [-0.2, 0) is 6.54 Å². The predicted octanol–water partition coefficient (Wildman–Crippen LogP) is 4.01. The number of amides is 1. The van der Waals surface area contributed by atoms with E-state index in [1.807, 2.05) is 31.2 Å². The number of halogens is 2. The number of hydrogen-bond donors (Lipinski definition) is 1. The van der Waals surface area contributed by atoms with Gasteiger partial charge in [-0.15, -0.1) is 0 Å². The lowest BCUT2D eigenvalue weighted by atomic mass is 10.2. The van der Waals surface area contributed by atoms with Gasteiger partial charge < -0.3 is 5.32 Å². The highest BCUT2D eigenvalue weighted by Crippen LogP contribution is 2.17. The number of aromatic nitrogens is 2. The van der Waals surface area contributed by atoms with E-state index < -0.39 is 0 Å². The zero-order chi connectivity index (χ0) is 17.1. The molecule has 3 aromatic rings. The Kier molecular flexibility index (Phi) is 4.76. The molecule has 1 N–H and O–H groups in total. The number of nitrogens with one attached hydrogen (secondary N) is 1. The maximum atomic E-state index is 13.6. The summed E-state index contributed by atoms with van der Waals surface area (Å²) in [7, 11) is 0. The Labute approximate surface area is 147 Å². The summed E-state index contributed by atoms with van der Waals surface area (Å²) in [4.78, 5) is 12.4. The first-order valence-corrected chi connectivity index (χ1v) is 8.17. The fourth-order valence-electron chi connectivity index (χ4n) is 2.39. The predicted molar refractivity (Wildman–Crippen MR) is 93.6 cm³/mol. The quantitative estimate of drug-likeness (QED) is 0.734. The minimum atomic E-state index is -0.333. The van der Waals surface area contributed by atoms with E-state index in [1.165, 1.54) is 12.3 Å². The molecule has 0 bridgehead atoms.